The third kappa shape index (κ3) is 49.5. The van der Waals surface area contributed by atoms with Crippen LogP contribution < -0.4 is 0 Å². The van der Waals surface area contributed by atoms with Crippen LogP contribution in [0.5, 0.6) is 0 Å². The van der Waals surface area contributed by atoms with E-state index >= 15 is 0 Å². The molecule has 0 bridgehead atoms. The van der Waals surface area contributed by atoms with Crippen molar-refractivity contribution >= 4 is 21.9 Å². The van der Waals surface area contributed by atoms with E-state index in [1.807, 2.05) is 0 Å². The number of rotatable bonds is 48. The third-order valence-electron chi connectivity index (χ3n) is 8.04. The molecule has 0 fully saturated rings. The fourth-order valence-corrected chi connectivity index (χ4v) is 5.29. The average molecular weight is 832 g/mol. The van der Waals surface area contributed by atoms with Crippen LogP contribution in [0.3, 0.4) is 0 Å². The highest BCUT2D eigenvalue weighted by molar-refractivity contribution is 9.09. The molecule has 0 amide bonds. The number of esters is 1. The van der Waals surface area contributed by atoms with Crippen LogP contribution in [0.4, 0.5) is 0 Å². The van der Waals surface area contributed by atoms with E-state index in [4.69, 9.17) is 52.1 Å². The molecule has 0 aliphatic heterocycles. The van der Waals surface area contributed by atoms with Crippen molar-refractivity contribution in [2.45, 2.75) is 110 Å². The highest BCUT2D eigenvalue weighted by atomic mass is 79.9. The van der Waals surface area contributed by atoms with Crippen molar-refractivity contribution in [2.24, 2.45) is 0 Å². The lowest BCUT2D eigenvalue weighted by molar-refractivity contribution is -0.145. The molecule has 0 atom stereocenters. The van der Waals surface area contributed by atoms with Crippen LogP contribution in [0, 0.1) is 0 Å². The van der Waals surface area contributed by atoms with Crippen LogP contribution in [0.15, 0.2) is 0 Å². The van der Waals surface area contributed by atoms with Crippen molar-refractivity contribution < 1.29 is 56.9 Å². The van der Waals surface area contributed by atoms with Crippen molar-refractivity contribution in [3.63, 3.8) is 0 Å². The summed E-state index contributed by atoms with van der Waals surface area (Å²) in [5.41, 5.74) is 0. The first-order valence-corrected chi connectivity index (χ1v) is 21.9. The highest BCUT2D eigenvalue weighted by Gasteiger charge is 2.03. The number of carbonyl (C=O) groups excluding carboxylic acids is 1. The molecule has 0 unspecified atom stereocenters. The predicted octanol–water partition coefficient (Wildman–Crippen LogP) is 7.35. The minimum Gasteiger partial charge on any atom is -0.463 e. The minimum absolute atomic E-state index is 0.129. The topological polar surface area (TPSA) is 119 Å². The Labute approximate surface area is 331 Å². The van der Waals surface area contributed by atoms with E-state index in [9.17, 15) is 4.79 Å². The predicted molar refractivity (Wildman–Crippen MR) is 212 cm³/mol. The first-order chi connectivity index (χ1) is 26.3. The lowest BCUT2D eigenvalue weighted by Crippen LogP contribution is -2.15. The molecular weight excluding hydrogens is 752 g/mol. The van der Waals surface area contributed by atoms with Crippen molar-refractivity contribution in [3.8, 4) is 0 Å². The van der Waals surface area contributed by atoms with Crippen LogP contribution in [0.2, 0.25) is 0 Å². The molecule has 0 rings (SSSR count). The largest absolute Gasteiger partial charge is 0.463 e. The number of carbonyl (C=O) groups is 1. The summed E-state index contributed by atoms with van der Waals surface area (Å²) in [5, 5.41) is 0.836. The molecule has 0 N–H and O–H groups in total. The number of unbranched alkanes of at least 4 members (excludes halogenated alkanes) is 14. The Morgan fingerprint density at radius 2 is 0.547 bits per heavy atom. The SMILES string of the molecule is CCCCCCCCCCCCCCCCCC(=O)OCCOCCOCCOCCOCCOCCOCCOCCOCCOCCOCCBr. The molecule has 0 aliphatic carbocycles. The molecule has 0 aromatic carbocycles. The first-order valence-electron chi connectivity index (χ1n) is 20.8. The lowest BCUT2D eigenvalue weighted by atomic mass is 10.0. The van der Waals surface area contributed by atoms with E-state index in [1.165, 1.54) is 83.5 Å². The summed E-state index contributed by atoms with van der Waals surface area (Å²) in [7, 11) is 0. The van der Waals surface area contributed by atoms with Crippen molar-refractivity contribution in [2.75, 3.05) is 144 Å². The maximum atomic E-state index is 11.9. The number of alkyl halides is 1. The van der Waals surface area contributed by atoms with Crippen LogP contribution in [0.25, 0.3) is 0 Å². The summed E-state index contributed by atoms with van der Waals surface area (Å²) in [4.78, 5) is 11.9. The molecule has 0 spiro atoms. The molecule has 0 saturated carbocycles. The maximum absolute atomic E-state index is 11.9. The minimum atomic E-state index is -0.129. The zero-order valence-electron chi connectivity index (χ0n) is 33.6. The zero-order chi connectivity index (χ0) is 38.2. The molecule has 12 nitrogen and oxygen atoms in total. The van der Waals surface area contributed by atoms with Gasteiger partial charge in [-0.15, -0.1) is 0 Å². The van der Waals surface area contributed by atoms with Crippen molar-refractivity contribution in [1.29, 1.82) is 0 Å². The standard InChI is InChI=1S/C40H79BrO12/c1-2-3-4-5-6-7-8-9-10-11-12-13-14-15-16-17-40(42)53-39-38-52-37-36-51-35-34-50-33-32-49-31-30-48-29-28-47-27-26-46-25-24-45-23-22-44-21-20-43-19-18-41/h2-39H2,1H3. The van der Waals surface area contributed by atoms with Gasteiger partial charge in [0, 0.05) is 11.8 Å². The summed E-state index contributed by atoms with van der Waals surface area (Å²) in [6.45, 7) is 13.0. The molecule has 0 heterocycles. The molecule has 0 radical (unpaired) electrons. The maximum Gasteiger partial charge on any atom is 0.305 e. The average Bonchev–Trinajstić information content (AvgIpc) is 3.16. The van der Waals surface area contributed by atoms with E-state index in [-0.39, 0.29) is 5.97 Å². The van der Waals surface area contributed by atoms with E-state index in [0.29, 0.717) is 145 Å². The van der Waals surface area contributed by atoms with Gasteiger partial charge in [0.25, 0.3) is 0 Å². The van der Waals surface area contributed by atoms with E-state index in [1.54, 1.807) is 0 Å². The van der Waals surface area contributed by atoms with Gasteiger partial charge in [-0.05, 0) is 6.42 Å². The summed E-state index contributed by atoms with van der Waals surface area (Å²) < 4.78 is 59.8. The monoisotopic (exact) mass is 830 g/mol. The van der Waals surface area contributed by atoms with Gasteiger partial charge in [0.2, 0.25) is 0 Å². The fraction of sp³-hybridized carbons (Fsp3) is 0.975. The Morgan fingerprint density at radius 1 is 0.321 bits per heavy atom. The van der Waals surface area contributed by atoms with Gasteiger partial charge in [0.1, 0.15) is 6.61 Å². The normalized spacial score (nSPS) is 11.5. The van der Waals surface area contributed by atoms with Crippen molar-refractivity contribution in [1.82, 2.24) is 0 Å². The number of hydrogen-bond acceptors (Lipinski definition) is 12. The summed E-state index contributed by atoms with van der Waals surface area (Å²) in [6, 6.07) is 0. The highest BCUT2D eigenvalue weighted by Crippen LogP contribution is 2.13. The first kappa shape index (κ1) is 52.6. The van der Waals surface area contributed by atoms with Crippen LogP contribution in [0.1, 0.15) is 110 Å². The van der Waals surface area contributed by atoms with Gasteiger partial charge >= 0.3 is 5.97 Å². The van der Waals surface area contributed by atoms with E-state index in [0.717, 1.165) is 18.2 Å². The second-order valence-corrected chi connectivity index (χ2v) is 13.5. The Kier molecular flexibility index (Phi) is 49.1. The van der Waals surface area contributed by atoms with Crippen LogP contribution in [-0.4, -0.2) is 150 Å². The number of halogens is 1. The molecule has 0 aliphatic rings. The zero-order valence-corrected chi connectivity index (χ0v) is 35.2. The van der Waals surface area contributed by atoms with Gasteiger partial charge < -0.3 is 52.1 Å². The number of hydrogen-bond donors (Lipinski definition) is 0. The quantitative estimate of drug-likeness (QED) is 0.0347. The Hall–Kier alpha value is -0.450. The molecule has 0 saturated heterocycles. The van der Waals surface area contributed by atoms with Gasteiger partial charge in [0.15, 0.2) is 0 Å². The van der Waals surface area contributed by atoms with Crippen LogP contribution in [-0.2, 0) is 56.9 Å². The summed E-state index contributed by atoms with van der Waals surface area (Å²) >= 11 is 3.30. The van der Waals surface area contributed by atoms with E-state index < -0.39 is 0 Å². The third-order valence-corrected chi connectivity index (χ3v) is 8.37. The Morgan fingerprint density at radius 3 is 0.811 bits per heavy atom. The van der Waals surface area contributed by atoms with E-state index in [2.05, 4.69) is 22.9 Å². The molecule has 53 heavy (non-hydrogen) atoms. The Balaban J connectivity index is 3.12. The van der Waals surface area contributed by atoms with Crippen LogP contribution >= 0.6 is 15.9 Å². The van der Waals surface area contributed by atoms with Gasteiger partial charge in [0.05, 0.1) is 132 Å². The molecule has 13 heteroatoms. The smallest absolute Gasteiger partial charge is 0.305 e. The summed E-state index contributed by atoms with van der Waals surface area (Å²) in [6.07, 6.45) is 20.2. The summed E-state index contributed by atoms with van der Waals surface area (Å²) in [5.74, 6) is -0.129. The van der Waals surface area contributed by atoms with Gasteiger partial charge in [-0.25, -0.2) is 0 Å². The van der Waals surface area contributed by atoms with Gasteiger partial charge in [-0.1, -0.05) is 113 Å². The van der Waals surface area contributed by atoms with Gasteiger partial charge in [-0.2, -0.15) is 0 Å². The molecule has 318 valence electrons. The second-order valence-electron chi connectivity index (χ2n) is 12.7. The lowest BCUT2D eigenvalue weighted by Gasteiger charge is -2.09. The number of ether oxygens (including phenoxy) is 11. The molecule has 0 aromatic heterocycles. The van der Waals surface area contributed by atoms with Crippen molar-refractivity contribution in [3.05, 3.63) is 0 Å². The second kappa shape index (κ2) is 49.6. The molecular formula is C40H79BrO12. The molecule has 0 aromatic rings. The fourth-order valence-electron chi connectivity index (χ4n) is 5.06. The Bertz CT molecular complexity index is 680. The van der Waals surface area contributed by atoms with Gasteiger partial charge in [-0.3, -0.25) is 4.79 Å².